The first-order valence-corrected chi connectivity index (χ1v) is 7.19. The van der Waals surface area contributed by atoms with E-state index >= 15 is 0 Å². The van der Waals surface area contributed by atoms with Crippen LogP contribution in [-0.4, -0.2) is 75.9 Å². The van der Waals surface area contributed by atoms with E-state index in [-0.39, 0.29) is 17.8 Å². The molecule has 0 saturated heterocycles. The lowest BCUT2D eigenvalue weighted by Gasteiger charge is -2.23. The van der Waals surface area contributed by atoms with Crippen LogP contribution in [0.3, 0.4) is 0 Å². The molecule has 0 unspecified atom stereocenters. The lowest BCUT2D eigenvalue weighted by molar-refractivity contribution is -0.151. The van der Waals surface area contributed by atoms with Gasteiger partial charge < -0.3 is 39.8 Å². The van der Waals surface area contributed by atoms with Gasteiger partial charge in [-0.25, -0.2) is 4.79 Å². The Bertz CT molecular complexity index is 614. The number of aliphatic hydroxyl groups is 4. The Morgan fingerprint density at radius 2 is 1.88 bits per heavy atom. The maximum Gasteiger partial charge on any atom is 0.330 e. The molecular weight excluding hydrogens is 336 g/mol. The van der Waals surface area contributed by atoms with E-state index in [1.807, 2.05) is 0 Å². The van der Waals surface area contributed by atoms with E-state index < -0.39 is 37.0 Å². The van der Waals surface area contributed by atoms with Crippen LogP contribution in [-0.2, 0) is 14.3 Å². The molecule has 0 radical (unpaired) electrons. The van der Waals surface area contributed by atoms with E-state index in [9.17, 15) is 30.0 Å². The summed E-state index contributed by atoms with van der Waals surface area (Å²) in [7, 11) is 1.37. The van der Waals surface area contributed by atoms with Crippen LogP contribution in [0.5, 0.6) is 11.5 Å². The number of phenolic OH excluding ortho intramolecular Hbond substituents is 1. The minimum atomic E-state index is -1.91. The van der Waals surface area contributed by atoms with Gasteiger partial charge in [-0.3, -0.25) is 0 Å². The molecule has 0 heterocycles. The number of aldehydes is 1. The molecule has 1 aromatic rings. The highest BCUT2D eigenvalue weighted by Gasteiger charge is 2.30. The number of ether oxygens (including phenoxy) is 2. The molecule has 5 N–H and O–H groups in total. The summed E-state index contributed by atoms with van der Waals surface area (Å²) in [5.74, 6) is -0.684. The number of aliphatic hydroxyl groups excluding tert-OH is 4. The van der Waals surface area contributed by atoms with Gasteiger partial charge in [-0.05, 0) is 23.8 Å². The molecule has 0 aliphatic carbocycles. The summed E-state index contributed by atoms with van der Waals surface area (Å²) >= 11 is 0. The Labute approximate surface area is 143 Å². The summed E-state index contributed by atoms with van der Waals surface area (Å²) in [4.78, 5) is 21.9. The van der Waals surface area contributed by atoms with Gasteiger partial charge in [0.15, 0.2) is 17.8 Å². The van der Waals surface area contributed by atoms with Crippen molar-refractivity contribution in [3.8, 4) is 11.5 Å². The zero-order valence-electron chi connectivity index (χ0n) is 13.3. The van der Waals surface area contributed by atoms with Gasteiger partial charge in [0.1, 0.15) is 31.0 Å². The number of hydrogen-bond acceptors (Lipinski definition) is 9. The van der Waals surface area contributed by atoms with E-state index in [1.165, 1.54) is 31.4 Å². The Morgan fingerprint density at radius 3 is 2.48 bits per heavy atom. The summed E-state index contributed by atoms with van der Waals surface area (Å²) in [6.07, 6.45) is -4.94. The SMILES string of the molecule is COc1cc(C=CC(=O)OC[C@@H](O)[C@@H](O)[C@H](O)[C@@H](O)C=O)ccc1O. The van der Waals surface area contributed by atoms with Gasteiger partial charge in [0.05, 0.1) is 7.11 Å². The summed E-state index contributed by atoms with van der Waals surface area (Å²) in [5.41, 5.74) is 0.539. The van der Waals surface area contributed by atoms with Crippen molar-refractivity contribution in [3.63, 3.8) is 0 Å². The maximum absolute atomic E-state index is 11.6. The second kappa shape index (κ2) is 9.74. The molecule has 0 saturated carbocycles. The number of phenols is 1. The molecular formula is C16H20O9. The first-order chi connectivity index (χ1) is 11.8. The first kappa shape index (κ1) is 20.6. The van der Waals surface area contributed by atoms with Crippen molar-refractivity contribution in [2.45, 2.75) is 24.4 Å². The summed E-state index contributed by atoms with van der Waals surface area (Å²) < 4.78 is 9.61. The van der Waals surface area contributed by atoms with Gasteiger partial charge in [-0.1, -0.05) is 6.07 Å². The van der Waals surface area contributed by atoms with E-state index in [0.717, 1.165) is 6.08 Å². The molecule has 1 aromatic carbocycles. The highest BCUT2D eigenvalue weighted by Crippen LogP contribution is 2.26. The highest BCUT2D eigenvalue weighted by atomic mass is 16.5. The third-order valence-corrected chi connectivity index (χ3v) is 3.25. The van der Waals surface area contributed by atoms with Crippen molar-refractivity contribution >= 4 is 18.3 Å². The molecule has 138 valence electrons. The standard InChI is InChI=1S/C16H20O9/c1-24-13-6-9(2-4-10(13)18)3-5-14(21)25-8-12(20)16(23)15(22)11(19)7-17/h2-7,11-12,15-16,18-20,22-23H,8H2,1H3/t11-,12+,15+,16+/m0/s1. The van der Waals surface area contributed by atoms with Crippen LogP contribution in [0.1, 0.15) is 5.56 Å². The molecule has 0 amide bonds. The van der Waals surface area contributed by atoms with Crippen molar-refractivity contribution in [1.82, 2.24) is 0 Å². The zero-order chi connectivity index (χ0) is 19.0. The lowest BCUT2D eigenvalue weighted by atomic mass is 10.0. The second-order valence-electron chi connectivity index (χ2n) is 5.07. The molecule has 1 rings (SSSR count). The molecule has 0 aromatic heterocycles. The van der Waals surface area contributed by atoms with Crippen molar-refractivity contribution in [2.75, 3.05) is 13.7 Å². The molecule has 25 heavy (non-hydrogen) atoms. The fourth-order valence-corrected chi connectivity index (χ4v) is 1.79. The van der Waals surface area contributed by atoms with Crippen molar-refractivity contribution in [3.05, 3.63) is 29.8 Å². The smallest absolute Gasteiger partial charge is 0.330 e. The van der Waals surface area contributed by atoms with Gasteiger partial charge in [-0.2, -0.15) is 0 Å². The topological polar surface area (TPSA) is 154 Å². The second-order valence-corrected chi connectivity index (χ2v) is 5.07. The number of aromatic hydroxyl groups is 1. The molecule has 4 atom stereocenters. The number of esters is 1. The molecule has 0 fully saturated rings. The van der Waals surface area contributed by atoms with Crippen molar-refractivity contribution < 1.29 is 44.6 Å². The molecule has 9 nitrogen and oxygen atoms in total. The predicted molar refractivity (Wildman–Crippen MR) is 84.7 cm³/mol. The lowest BCUT2D eigenvalue weighted by Crippen LogP contribution is -2.46. The Balaban J connectivity index is 2.55. The number of hydrogen-bond donors (Lipinski definition) is 5. The van der Waals surface area contributed by atoms with Gasteiger partial charge in [-0.15, -0.1) is 0 Å². The van der Waals surface area contributed by atoms with E-state index in [4.69, 9.17) is 14.6 Å². The number of methoxy groups -OCH3 is 1. The average Bonchev–Trinajstić information content (AvgIpc) is 2.63. The molecule has 0 aliphatic rings. The van der Waals surface area contributed by atoms with Crippen LogP contribution >= 0.6 is 0 Å². The maximum atomic E-state index is 11.6. The minimum Gasteiger partial charge on any atom is -0.504 e. The highest BCUT2D eigenvalue weighted by molar-refractivity contribution is 5.87. The zero-order valence-corrected chi connectivity index (χ0v) is 13.3. The number of carbonyl (C=O) groups is 2. The quantitative estimate of drug-likeness (QED) is 0.204. The predicted octanol–water partition coefficient (Wildman–Crippen LogP) is -1.40. The van der Waals surface area contributed by atoms with E-state index in [0.29, 0.717) is 5.56 Å². The Hall–Kier alpha value is -2.46. The number of benzene rings is 1. The van der Waals surface area contributed by atoms with Crippen LogP contribution in [0.15, 0.2) is 24.3 Å². The van der Waals surface area contributed by atoms with Gasteiger partial charge in [0.2, 0.25) is 0 Å². The van der Waals surface area contributed by atoms with Crippen molar-refractivity contribution in [2.24, 2.45) is 0 Å². The molecule has 0 spiro atoms. The molecule has 9 heteroatoms. The summed E-state index contributed by atoms with van der Waals surface area (Å²) in [5, 5.41) is 47.0. The molecule has 0 aliphatic heterocycles. The minimum absolute atomic E-state index is 0.00127. The summed E-state index contributed by atoms with van der Waals surface area (Å²) in [6.45, 7) is -0.661. The van der Waals surface area contributed by atoms with Gasteiger partial charge in [0, 0.05) is 6.08 Å². The first-order valence-electron chi connectivity index (χ1n) is 7.19. The van der Waals surface area contributed by atoms with E-state index in [2.05, 4.69) is 0 Å². The van der Waals surface area contributed by atoms with Crippen molar-refractivity contribution in [1.29, 1.82) is 0 Å². The summed E-state index contributed by atoms with van der Waals surface area (Å²) in [6, 6.07) is 4.38. The fourth-order valence-electron chi connectivity index (χ4n) is 1.79. The number of rotatable bonds is 9. The number of carbonyl (C=O) groups excluding carboxylic acids is 2. The van der Waals surface area contributed by atoms with E-state index in [1.54, 1.807) is 0 Å². The van der Waals surface area contributed by atoms with Crippen LogP contribution in [0.25, 0.3) is 6.08 Å². The fraction of sp³-hybridized carbons (Fsp3) is 0.375. The largest absolute Gasteiger partial charge is 0.504 e. The Kier molecular flexibility index (Phi) is 8.02. The average molecular weight is 356 g/mol. The van der Waals surface area contributed by atoms with Gasteiger partial charge >= 0.3 is 5.97 Å². The van der Waals surface area contributed by atoms with Crippen LogP contribution in [0.2, 0.25) is 0 Å². The third kappa shape index (κ3) is 6.16. The molecule has 0 bridgehead atoms. The monoisotopic (exact) mass is 356 g/mol. The Morgan fingerprint density at radius 1 is 1.20 bits per heavy atom. The normalized spacial score (nSPS) is 16.0. The third-order valence-electron chi connectivity index (χ3n) is 3.25. The van der Waals surface area contributed by atoms with Crippen LogP contribution in [0.4, 0.5) is 0 Å². The van der Waals surface area contributed by atoms with Crippen LogP contribution in [0, 0.1) is 0 Å². The van der Waals surface area contributed by atoms with Crippen LogP contribution < -0.4 is 4.74 Å². The van der Waals surface area contributed by atoms with Gasteiger partial charge in [0.25, 0.3) is 0 Å².